The van der Waals surface area contributed by atoms with Gasteiger partial charge in [0.05, 0.1) is 17.4 Å². The van der Waals surface area contributed by atoms with Crippen molar-refractivity contribution in [3.05, 3.63) is 32.8 Å². The lowest BCUT2D eigenvalue weighted by atomic mass is 10.1. The number of nitrogens with one attached hydrogen (secondary N) is 1. The van der Waals surface area contributed by atoms with Crippen LogP contribution in [0.1, 0.15) is 51.4 Å². The highest BCUT2D eigenvalue weighted by atomic mass is 32.1. The molecule has 2 aromatic rings. The zero-order valence-corrected chi connectivity index (χ0v) is 14.0. The Morgan fingerprint density at radius 3 is 2.67 bits per heavy atom. The smallest absolute Gasteiger partial charge is 0.272 e. The number of hydrogen-bond donors (Lipinski definition) is 2. The van der Waals surface area contributed by atoms with Crippen molar-refractivity contribution in [1.82, 2.24) is 15.1 Å². The average Bonchev–Trinajstić information content (AvgIpc) is 2.89. The van der Waals surface area contributed by atoms with Gasteiger partial charge in [0.25, 0.3) is 5.91 Å². The van der Waals surface area contributed by atoms with E-state index in [2.05, 4.69) is 30.3 Å². The van der Waals surface area contributed by atoms with Crippen LogP contribution in [0.2, 0.25) is 0 Å². The highest BCUT2D eigenvalue weighted by Crippen LogP contribution is 2.26. The van der Waals surface area contributed by atoms with Gasteiger partial charge in [-0.3, -0.25) is 9.48 Å². The molecule has 0 spiro atoms. The number of rotatable bonds is 4. The summed E-state index contributed by atoms with van der Waals surface area (Å²) >= 11 is 1.74. The molecule has 0 aliphatic heterocycles. The fourth-order valence-corrected chi connectivity index (χ4v) is 3.51. The van der Waals surface area contributed by atoms with Crippen LogP contribution in [0.3, 0.4) is 0 Å². The Kier molecular flexibility index (Phi) is 4.37. The summed E-state index contributed by atoms with van der Waals surface area (Å²) in [7, 11) is 0. The van der Waals surface area contributed by atoms with Gasteiger partial charge in [0.2, 0.25) is 0 Å². The number of thiophene rings is 1. The molecular formula is C15H22N4OS. The van der Waals surface area contributed by atoms with E-state index in [1.165, 1.54) is 9.75 Å². The van der Waals surface area contributed by atoms with Gasteiger partial charge in [-0.1, -0.05) is 0 Å². The number of aromatic nitrogens is 2. The molecule has 5 nitrogen and oxygen atoms in total. The molecule has 2 rings (SSSR count). The van der Waals surface area contributed by atoms with E-state index < -0.39 is 0 Å². The van der Waals surface area contributed by atoms with Gasteiger partial charge in [-0.05, 0) is 46.2 Å². The first-order valence-corrected chi connectivity index (χ1v) is 7.87. The molecule has 2 heterocycles. The predicted octanol–water partition coefficient (Wildman–Crippen LogP) is 2.96. The topological polar surface area (TPSA) is 72.9 Å². The summed E-state index contributed by atoms with van der Waals surface area (Å²) in [5.74, 6) is -0.175. The van der Waals surface area contributed by atoms with Crippen molar-refractivity contribution in [1.29, 1.82) is 0 Å². The zero-order valence-electron chi connectivity index (χ0n) is 13.2. The van der Waals surface area contributed by atoms with Gasteiger partial charge in [-0.15, -0.1) is 11.3 Å². The molecule has 0 fully saturated rings. The highest BCUT2D eigenvalue weighted by molar-refractivity contribution is 7.12. The number of aryl methyl sites for hydroxylation is 4. The standard InChI is InChI=1S/C15H22N4OS/c1-6-19-14(13(16)10(4)18-19)15(20)17-9(3)12-7-8(2)21-11(12)5/h7,9H,6,16H2,1-5H3,(H,17,20). The molecule has 0 radical (unpaired) electrons. The third kappa shape index (κ3) is 2.95. The van der Waals surface area contributed by atoms with Gasteiger partial charge < -0.3 is 11.1 Å². The van der Waals surface area contributed by atoms with Crippen LogP contribution in [-0.2, 0) is 6.54 Å². The lowest BCUT2D eigenvalue weighted by Crippen LogP contribution is -2.29. The van der Waals surface area contributed by atoms with E-state index in [0.717, 1.165) is 5.56 Å². The molecule has 0 aromatic carbocycles. The second-order valence-corrected chi connectivity index (χ2v) is 6.69. The molecule has 1 unspecified atom stereocenters. The maximum Gasteiger partial charge on any atom is 0.272 e. The number of anilines is 1. The minimum atomic E-state index is -0.175. The number of carbonyl (C=O) groups excluding carboxylic acids is 1. The van der Waals surface area contributed by atoms with Crippen molar-refractivity contribution in [2.24, 2.45) is 0 Å². The van der Waals surface area contributed by atoms with Crippen molar-refractivity contribution in [2.45, 2.75) is 47.2 Å². The molecule has 0 saturated heterocycles. The van der Waals surface area contributed by atoms with E-state index in [1.807, 2.05) is 20.8 Å². The number of carbonyl (C=O) groups is 1. The molecule has 0 aliphatic carbocycles. The summed E-state index contributed by atoms with van der Waals surface area (Å²) < 4.78 is 1.65. The van der Waals surface area contributed by atoms with Gasteiger partial charge in [-0.25, -0.2) is 0 Å². The molecule has 114 valence electrons. The fourth-order valence-electron chi connectivity index (χ4n) is 2.49. The normalized spacial score (nSPS) is 12.4. The quantitative estimate of drug-likeness (QED) is 0.912. The third-order valence-electron chi connectivity index (χ3n) is 3.58. The van der Waals surface area contributed by atoms with Crippen LogP contribution >= 0.6 is 11.3 Å². The number of nitrogens with two attached hydrogens (primary N) is 1. The van der Waals surface area contributed by atoms with Crippen molar-refractivity contribution >= 4 is 22.9 Å². The Bertz CT molecular complexity index is 672. The first-order valence-electron chi connectivity index (χ1n) is 7.05. The van der Waals surface area contributed by atoms with E-state index in [9.17, 15) is 4.79 Å². The molecule has 21 heavy (non-hydrogen) atoms. The zero-order chi connectivity index (χ0) is 15.7. The minimum absolute atomic E-state index is 0.0534. The fraction of sp³-hybridized carbons (Fsp3) is 0.467. The summed E-state index contributed by atoms with van der Waals surface area (Å²) in [5, 5.41) is 7.31. The van der Waals surface area contributed by atoms with Crippen LogP contribution in [0.5, 0.6) is 0 Å². The Hall–Kier alpha value is -1.82. The van der Waals surface area contributed by atoms with Crippen molar-refractivity contribution in [3.63, 3.8) is 0 Å². The van der Waals surface area contributed by atoms with E-state index >= 15 is 0 Å². The Morgan fingerprint density at radius 1 is 1.48 bits per heavy atom. The van der Waals surface area contributed by atoms with Crippen LogP contribution in [0.25, 0.3) is 0 Å². The van der Waals surface area contributed by atoms with Gasteiger partial charge in [-0.2, -0.15) is 5.10 Å². The maximum absolute atomic E-state index is 12.5. The summed E-state index contributed by atoms with van der Waals surface area (Å²) in [5.41, 5.74) is 8.74. The van der Waals surface area contributed by atoms with Crippen molar-refractivity contribution in [3.8, 4) is 0 Å². The minimum Gasteiger partial charge on any atom is -0.395 e. The van der Waals surface area contributed by atoms with E-state index in [1.54, 1.807) is 16.0 Å². The SMILES string of the molecule is CCn1nc(C)c(N)c1C(=O)NC(C)c1cc(C)sc1C. The van der Waals surface area contributed by atoms with Crippen LogP contribution in [0.4, 0.5) is 5.69 Å². The average molecular weight is 306 g/mol. The largest absolute Gasteiger partial charge is 0.395 e. The lowest BCUT2D eigenvalue weighted by molar-refractivity contribution is 0.0930. The second kappa shape index (κ2) is 5.89. The Morgan fingerprint density at radius 2 is 2.14 bits per heavy atom. The molecule has 1 atom stereocenters. The molecule has 1 amide bonds. The van der Waals surface area contributed by atoms with Gasteiger partial charge in [0.15, 0.2) is 0 Å². The van der Waals surface area contributed by atoms with Crippen LogP contribution in [0, 0.1) is 20.8 Å². The molecular weight excluding hydrogens is 284 g/mol. The predicted molar refractivity (Wildman–Crippen MR) is 86.7 cm³/mol. The molecule has 0 saturated carbocycles. The number of amides is 1. The van der Waals surface area contributed by atoms with Crippen LogP contribution < -0.4 is 11.1 Å². The highest BCUT2D eigenvalue weighted by Gasteiger charge is 2.21. The molecule has 2 aromatic heterocycles. The number of nitrogen functional groups attached to an aromatic ring is 1. The first kappa shape index (κ1) is 15.6. The summed E-state index contributed by atoms with van der Waals surface area (Å²) in [6.45, 7) is 10.5. The van der Waals surface area contributed by atoms with E-state index in [0.29, 0.717) is 23.6 Å². The van der Waals surface area contributed by atoms with Crippen molar-refractivity contribution in [2.75, 3.05) is 5.73 Å². The summed E-state index contributed by atoms with van der Waals surface area (Å²) in [6, 6.07) is 2.07. The van der Waals surface area contributed by atoms with Gasteiger partial charge >= 0.3 is 0 Å². The lowest BCUT2D eigenvalue weighted by Gasteiger charge is -2.15. The molecule has 0 aliphatic rings. The third-order valence-corrected chi connectivity index (χ3v) is 4.56. The van der Waals surface area contributed by atoms with E-state index in [-0.39, 0.29) is 11.9 Å². The monoisotopic (exact) mass is 306 g/mol. The summed E-state index contributed by atoms with van der Waals surface area (Å²) in [6.07, 6.45) is 0. The Labute approximate surface area is 129 Å². The number of nitrogens with zero attached hydrogens (tertiary/aromatic N) is 2. The number of hydrogen-bond acceptors (Lipinski definition) is 4. The summed E-state index contributed by atoms with van der Waals surface area (Å²) in [4.78, 5) is 15.0. The molecule has 0 bridgehead atoms. The first-order chi connectivity index (χ1) is 9.85. The molecule has 3 N–H and O–H groups in total. The molecule has 6 heteroatoms. The van der Waals surface area contributed by atoms with E-state index in [4.69, 9.17) is 5.73 Å². The van der Waals surface area contributed by atoms with Crippen LogP contribution in [0.15, 0.2) is 6.07 Å². The second-order valence-electron chi connectivity index (χ2n) is 5.23. The maximum atomic E-state index is 12.5. The van der Waals surface area contributed by atoms with Crippen molar-refractivity contribution < 1.29 is 4.79 Å². The van der Waals surface area contributed by atoms with Gasteiger partial charge in [0.1, 0.15) is 5.69 Å². The Balaban J connectivity index is 2.24. The van der Waals surface area contributed by atoms with Gasteiger partial charge in [0, 0.05) is 16.3 Å². The van der Waals surface area contributed by atoms with Crippen LogP contribution in [-0.4, -0.2) is 15.7 Å².